The lowest BCUT2D eigenvalue weighted by molar-refractivity contribution is -0.384. The smallest absolute Gasteiger partial charge is 0.269 e. The van der Waals surface area contributed by atoms with E-state index in [2.05, 4.69) is 4.99 Å². The summed E-state index contributed by atoms with van der Waals surface area (Å²) in [6.07, 6.45) is 1.91. The van der Waals surface area contributed by atoms with Gasteiger partial charge in [0.1, 0.15) is 6.04 Å². The number of non-ortho nitro benzene ring substituents is 1. The molecule has 0 bridgehead atoms. The van der Waals surface area contributed by atoms with Crippen LogP contribution in [0.3, 0.4) is 0 Å². The Hall–Kier alpha value is -2.15. The van der Waals surface area contributed by atoms with Crippen molar-refractivity contribution < 1.29 is 9.72 Å². The maximum Gasteiger partial charge on any atom is 0.269 e. The van der Waals surface area contributed by atoms with E-state index in [4.69, 9.17) is 0 Å². The van der Waals surface area contributed by atoms with Gasteiger partial charge in [0.15, 0.2) is 11.0 Å². The average molecular weight is 319 g/mol. The van der Waals surface area contributed by atoms with Crippen LogP contribution in [-0.2, 0) is 4.79 Å². The van der Waals surface area contributed by atoms with Crippen LogP contribution in [0.15, 0.2) is 40.5 Å². The Morgan fingerprint density at radius 2 is 2.14 bits per heavy atom. The molecule has 22 heavy (non-hydrogen) atoms. The van der Waals surface area contributed by atoms with Crippen LogP contribution in [0, 0.1) is 10.1 Å². The second kappa shape index (κ2) is 6.31. The van der Waals surface area contributed by atoms with E-state index in [0.29, 0.717) is 11.1 Å². The number of benzene rings is 1. The molecule has 0 saturated heterocycles. The second-order valence-corrected chi connectivity index (χ2v) is 5.76. The molecule has 0 aliphatic carbocycles. The molecule has 0 N–H and O–H groups in total. The summed E-state index contributed by atoms with van der Waals surface area (Å²) in [6, 6.07) is 5.79. The molecule has 1 heterocycles. The van der Waals surface area contributed by atoms with Crippen LogP contribution in [0.25, 0.3) is 0 Å². The number of nitro benzene ring substituents is 1. The zero-order valence-corrected chi connectivity index (χ0v) is 13.7. The Morgan fingerprint density at radius 1 is 1.45 bits per heavy atom. The maximum atomic E-state index is 12.1. The van der Waals surface area contributed by atoms with Crippen molar-refractivity contribution in [3.8, 4) is 0 Å². The minimum atomic E-state index is -0.504. The normalized spacial score (nSPS) is 18.3. The third-order valence-corrected chi connectivity index (χ3v) is 4.40. The molecule has 0 radical (unpaired) electrons. The van der Waals surface area contributed by atoms with Crippen molar-refractivity contribution in [3.63, 3.8) is 0 Å². The summed E-state index contributed by atoms with van der Waals surface area (Å²) < 4.78 is 0. The summed E-state index contributed by atoms with van der Waals surface area (Å²) in [5.74, 6) is -0.0789. The quantitative estimate of drug-likeness (QED) is 0.632. The number of thioether (sulfide) groups is 1. The molecule has 1 atom stereocenters. The lowest BCUT2D eigenvalue weighted by atomic mass is 9.93. The fourth-order valence-corrected chi connectivity index (χ4v) is 3.09. The van der Waals surface area contributed by atoms with Crippen LogP contribution >= 0.6 is 11.8 Å². The summed E-state index contributed by atoms with van der Waals surface area (Å²) in [5.41, 5.74) is 2.04. The van der Waals surface area contributed by atoms with Gasteiger partial charge in [0.2, 0.25) is 0 Å². The van der Waals surface area contributed by atoms with Crippen LogP contribution in [0.5, 0.6) is 0 Å². The third-order valence-electron chi connectivity index (χ3n) is 3.65. The number of carbonyl (C=O) groups is 1. The van der Waals surface area contributed by atoms with Gasteiger partial charge in [0.05, 0.1) is 4.92 Å². The number of hydrogen-bond acceptors (Lipinski definition) is 6. The molecule has 7 heteroatoms. The molecule has 6 nitrogen and oxygen atoms in total. The van der Waals surface area contributed by atoms with Crippen LogP contribution in [0.4, 0.5) is 5.69 Å². The molecule has 0 saturated carbocycles. The molecule has 2 rings (SSSR count). The molecule has 1 unspecified atom stereocenters. The van der Waals surface area contributed by atoms with Crippen LogP contribution < -0.4 is 0 Å². The summed E-state index contributed by atoms with van der Waals surface area (Å²) >= 11 is 1.48. The van der Waals surface area contributed by atoms with Crippen molar-refractivity contribution >= 4 is 28.4 Å². The average Bonchev–Trinajstić information content (AvgIpc) is 2.49. The van der Waals surface area contributed by atoms with Crippen LogP contribution in [0.2, 0.25) is 0 Å². The van der Waals surface area contributed by atoms with Gasteiger partial charge in [-0.3, -0.25) is 14.9 Å². The third kappa shape index (κ3) is 2.89. The number of rotatable bonds is 3. The summed E-state index contributed by atoms with van der Waals surface area (Å²) in [6.45, 7) is 3.36. The zero-order chi connectivity index (χ0) is 16.4. The number of Topliss-reactive ketones (excluding diaryl/α,β-unsaturated/α-hetero) is 1. The molecule has 1 aliphatic heterocycles. The van der Waals surface area contributed by atoms with Crippen molar-refractivity contribution in [3.05, 3.63) is 51.2 Å². The number of hydrogen-bond donors (Lipinski definition) is 0. The highest BCUT2D eigenvalue weighted by Crippen LogP contribution is 2.36. The van der Waals surface area contributed by atoms with Crippen molar-refractivity contribution in [2.45, 2.75) is 19.9 Å². The van der Waals surface area contributed by atoms with Crippen molar-refractivity contribution in [1.29, 1.82) is 0 Å². The number of aliphatic imine (C=N–C) groups is 1. The first-order valence-electron chi connectivity index (χ1n) is 6.68. The Labute approximate surface area is 133 Å². The van der Waals surface area contributed by atoms with E-state index in [1.165, 1.54) is 30.8 Å². The van der Waals surface area contributed by atoms with Gasteiger partial charge >= 0.3 is 0 Å². The highest BCUT2D eigenvalue weighted by atomic mass is 32.2. The summed E-state index contributed by atoms with van der Waals surface area (Å²) in [5, 5.41) is 11.7. The van der Waals surface area contributed by atoms with Crippen LogP contribution in [0.1, 0.15) is 25.5 Å². The van der Waals surface area contributed by atoms with Crippen molar-refractivity contribution in [2.75, 3.05) is 13.3 Å². The van der Waals surface area contributed by atoms with Gasteiger partial charge < -0.3 is 4.90 Å². The van der Waals surface area contributed by atoms with Gasteiger partial charge in [-0.1, -0.05) is 23.9 Å². The molecule has 0 spiro atoms. The molecular formula is C15H17N3O3S. The molecule has 0 fully saturated rings. The van der Waals surface area contributed by atoms with Gasteiger partial charge in [0.25, 0.3) is 5.69 Å². The standard InChI is InChI=1S/C15H17N3O3S/c1-9-13(10(2)19)14(16-15(22-4)17(9)3)11-6-5-7-12(8-11)18(20)21/h5-8,14H,1-4H3. The van der Waals surface area contributed by atoms with E-state index in [0.717, 1.165) is 10.9 Å². The first-order valence-corrected chi connectivity index (χ1v) is 7.90. The number of amidine groups is 1. The Bertz CT molecular complexity index is 697. The van der Waals surface area contributed by atoms with E-state index in [1.54, 1.807) is 12.1 Å². The molecular weight excluding hydrogens is 302 g/mol. The SMILES string of the molecule is CSC1=NC(c2cccc([N+](=O)[O-])c2)C(C(C)=O)=C(C)N1C. The monoisotopic (exact) mass is 319 g/mol. The first kappa shape index (κ1) is 16.2. The topological polar surface area (TPSA) is 75.8 Å². The molecule has 1 aliphatic rings. The van der Waals surface area contributed by atoms with E-state index >= 15 is 0 Å². The lowest BCUT2D eigenvalue weighted by Gasteiger charge is -2.31. The predicted octanol–water partition coefficient (Wildman–Crippen LogP) is 3.16. The Balaban J connectivity index is 2.59. The molecule has 1 aromatic rings. The van der Waals surface area contributed by atoms with Gasteiger partial charge in [-0.15, -0.1) is 0 Å². The zero-order valence-electron chi connectivity index (χ0n) is 12.9. The number of carbonyl (C=O) groups excluding carboxylic acids is 1. The summed E-state index contributed by atoms with van der Waals surface area (Å²) in [7, 11) is 1.86. The minimum Gasteiger partial charge on any atom is -0.328 e. The van der Waals surface area contributed by atoms with Crippen molar-refractivity contribution in [1.82, 2.24) is 4.90 Å². The fourth-order valence-electron chi connectivity index (χ4n) is 2.47. The maximum absolute atomic E-state index is 12.1. The second-order valence-electron chi connectivity index (χ2n) is 4.98. The van der Waals surface area contributed by atoms with E-state index < -0.39 is 11.0 Å². The van der Waals surface area contributed by atoms with Gasteiger partial charge in [0, 0.05) is 30.5 Å². The van der Waals surface area contributed by atoms with E-state index in [1.807, 2.05) is 25.1 Å². The fraction of sp³-hybridized carbons (Fsp3) is 0.333. The molecule has 116 valence electrons. The Kier molecular flexibility index (Phi) is 4.65. The Morgan fingerprint density at radius 3 is 2.68 bits per heavy atom. The van der Waals surface area contributed by atoms with Crippen molar-refractivity contribution in [2.24, 2.45) is 4.99 Å². The first-order chi connectivity index (χ1) is 10.4. The van der Waals surface area contributed by atoms with E-state index in [-0.39, 0.29) is 11.5 Å². The number of nitro groups is 1. The van der Waals surface area contributed by atoms with Crippen LogP contribution in [-0.4, -0.2) is 34.1 Å². The van der Waals surface area contributed by atoms with Gasteiger partial charge in [-0.25, -0.2) is 4.99 Å². The molecule has 0 amide bonds. The summed E-state index contributed by atoms with van der Waals surface area (Å²) in [4.78, 5) is 29.1. The lowest BCUT2D eigenvalue weighted by Crippen LogP contribution is -2.31. The minimum absolute atomic E-state index is 0.00196. The van der Waals surface area contributed by atoms with Gasteiger partial charge in [-0.2, -0.15) is 0 Å². The number of nitrogens with zero attached hydrogens (tertiary/aromatic N) is 3. The molecule has 0 aromatic heterocycles. The highest BCUT2D eigenvalue weighted by molar-refractivity contribution is 8.13. The van der Waals surface area contributed by atoms with E-state index in [9.17, 15) is 14.9 Å². The largest absolute Gasteiger partial charge is 0.328 e. The number of ketones is 1. The molecule has 1 aromatic carbocycles. The number of allylic oxidation sites excluding steroid dienone is 1. The highest BCUT2D eigenvalue weighted by Gasteiger charge is 2.30. The van der Waals surface area contributed by atoms with Gasteiger partial charge in [-0.05, 0) is 25.7 Å². The predicted molar refractivity (Wildman–Crippen MR) is 87.9 cm³/mol.